The first kappa shape index (κ1) is 13.3. The van der Waals surface area contributed by atoms with Crippen molar-refractivity contribution in [2.75, 3.05) is 10.7 Å². The van der Waals surface area contributed by atoms with Gasteiger partial charge in [-0.25, -0.2) is 10.8 Å². The van der Waals surface area contributed by atoms with Gasteiger partial charge in [-0.05, 0) is 42.3 Å². The Bertz CT molecular complexity index is 720. The molecule has 0 bridgehead atoms. The first-order chi connectivity index (χ1) is 9.67. The van der Waals surface area contributed by atoms with Crippen molar-refractivity contribution in [3.05, 3.63) is 33.3 Å². The molecule has 0 saturated heterocycles. The first-order valence-corrected chi connectivity index (χ1v) is 7.96. The highest BCUT2D eigenvalue weighted by Crippen LogP contribution is 2.31. The quantitative estimate of drug-likeness (QED) is 0.508. The molecule has 3 rings (SSSR count). The standard InChI is InChI=1S/C13H15N5S2/c1-7-5-10-11(15-8(2)9-3-4-19-6-9)16-13(18-14)17-12(10)20-7/h3-6,8H,14H2,1-2H3,(H2,15,16,17,18). The monoisotopic (exact) mass is 305 g/mol. The van der Waals surface area contributed by atoms with Gasteiger partial charge >= 0.3 is 0 Å². The Hall–Kier alpha value is -1.70. The Kier molecular flexibility index (Phi) is 3.56. The summed E-state index contributed by atoms with van der Waals surface area (Å²) in [5, 5.41) is 8.69. The lowest BCUT2D eigenvalue weighted by atomic mass is 10.2. The van der Waals surface area contributed by atoms with Crippen LogP contribution in [0.1, 0.15) is 23.4 Å². The Balaban J connectivity index is 2.01. The fourth-order valence-corrected chi connectivity index (χ4v) is 3.66. The molecule has 0 spiro atoms. The maximum atomic E-state index is 5.45. The van der Waals surface area contributed by atoms with E-state index in [-0.39, 0.29) is 6.04 Å². The van der Waals surface area contributed by atoms with Crippen molar-refractivity contribution in [2.45, 2.75) is 19.9 Å². The molecule has 0 aliphatic carbocycles. The minimum Gasteiger partial charge on any atom is -0.363 e. The number of hydrazine groups is 1. The number of nitrogen functional groups attached to an aromatic ring is 1. The topological polar surface area (TPSA) is 75.9 Å². The van der Waals surface area contributed by atoms with Gasteiger partial charge in [0.15, 0.2) is 0 Å². The van der Waals surface area contributed by atoms with E-state index in [2.05, 4.69) is 57.5 Å². The molecular weight excluding hydrogens is 290 g/mol. The van der Waals surface area contributed by atoms with Gasteiger partial charge in [-0.15, -0.1) is 11.3 Å². The second-order valence-electron chi connectivity index (χ2n) is 4.54. The molecule has 0 aliphatic rings. The third kappa shape index (κ3) is 2.47. The van der Waals surface area contributed by atoms with E-state index in [1.54, 1.807) is 22.7 Å². The van der Waals surface area contributed by atoms with Gasteiger partial charge in [0.25, 0.3) is 0 Å². The molecule has 0 radical (unpaired) electrons. The van der Waals surface area contributed by atoms with Crippen LogP contribution in [-0.2, 0) is 0 Å². The Labute approximate surface area is 124 Å². The van der Waals surface area contributed by atoms with E-state index >= 15 is 0 Å². The summed E-state index contributed by atoms with van der Waals surface area (Å²) in [4.78, 5) is 11.0. The number of nitrogens with two attached hydrogens (primary N) is 1. The van der Waals surface area contributed by atoms with Crippen molar-refractivity contribution < 1.29 is 0 Å². The van der Waals surface area contributed by atoms with Gasteiger partial charge in [-0.3, -0.25) is 5.43 Å². The van der Waals surface area contributed by atoms with Crippen LogP contribution in [0.25, 0.3) is 10.2 Å². The molecule has 3 aromatic heterocycles. The number of aryl methyl sites for hydroxylation is 1. The van der Waals surface area contributed by atoms with Crippen molar-refractivity contribution in [1.82, 2.24) is 9.97 Å². The minimum absolute atomic E-state index is 0.185. The van der Waals surface area contributed by atoms with Crippen LogP contribution < -0.4 is 16.6 Å². The maximum absolute atomic E-state index is 5.45. The van der Waals surface area contributed by atoms with E-state index in [1.165, 1.54) is 10.4 Å². The first-order valence-electron chi connectivity index (χ1n) is 6.21. The van der Waals surface area contributed by atoms with E-state index in [9.17, 15) is 0 Å². The number of fused-ring (bicyclic) bond motifs is 1. The summed E-state index contributed by atoms with van der Waals surface area (Å²) >= 11 is 3.33. The minimum atomic E-state index is 0.185. The van der Waals surface area contributed by atoms with Gasteiger partial charge in [-0.1, -0.05) is 0 Å². The van der Waals surface area contributed by atoms with Crippen LogP contribution in [-0.4, -0.2) is 9.97 Å². The van der Waals surface area contributed by atoms with E-state index in [0.29, 0.717) is 5.95 Å². The molecule has 0 aromatic carbocycles. The molecule has 3 aromatic rings. The van der Waals surface area contributed by atoms with E-state index in [0.717, 1.165) is 16.0 Å². The molecule has 0 amide bonds. The third-order valence-corrected chi connectivity index (χ3v) is 4.69. The summed E-state index contributed by atoms with van der Waals surface area (Å²) in [5.41, 5.74) is 3.77. The molecule has 1 unspecified atom stereocenters. The number of aromatic nitrogens is 2. The molecule has 20 heavy (non-hydrogen) atoms. The summed E-state index contributed by atoms with van der Waals surface area (Å²) < 4.78 is 0. The largest absolute Gasteiger partial charge is 0.363 e. The Morgan fingerprint density at radius 3 is 2.90 bits per heavy atom. The fourth-order valence-electron chi connectivity index (χ4n) is 2.03. The van der Waals surface area contributed by atoms with Gasteiger partial charge in [0.2, 0.25) is 5.95 Å². The lowest BCUT2D eigenvalue weighted by Gasteiger charge is -2.14. The van der Waals surface area contributed by atoms with Gasteiger partial charge in [0.05, 0.1) is 11.4 Å². The average molecular weight is 305 g/mol. The second kappa shape index (κ2) is 5.35. The number of hydrogen-bond donors (Lipinski definition) is 3. The molecule has 0 aliphatic heterocycles. The third-order valence-electron chi connectivity index (χ3n) is 3.04. The Morgan fingerprint density at radius 1 is 1.35 bits per heavy atom. The highest BCUT2D eigenvalue weighted by Gasteiger charge is 2.13. The zero-order valence-corrected chi connectivity index (χ0v) is 12.8. The number of rotatable bonds is 4. The maximum Gasteiger partial charge on any atom is 0.240 e. The predicted molar refractivity (Wildman–Crippen MR) is 86.3 cm³/mol. The number of anilines is 2. The van der Waals surface area contributed by atoms with Crippen LogP contribution in [0.5, 0.6) is 0 Å². The van der Waals surface area contributed by atoms with E-state index < -0.39 is 0 Å². The predicted octanol–water partition coefficient (Wildman–Crippen LogP) is 3.52. The van der Waals surface area contributed by atoms with Crippen LogP contribution in [0.15, 0.2) is 22.9 Å². The van der Waals surface area contributed by atoms with E-state index in [4.69, 9.17) is 5.84 Å². The van der Waals surface area contributed by atoms with Crippen LogP contribution in [0.2, 0.25) is 0 Å². The summed E-state index contributed by atoms with van der Waals surface area (Å²) in [6, 6.07) is 4.40. The smallest absolute Gasteiger partial charge is 0.240 e. The molecular formula is C13H15N5S2. The lowest BCUT2D eigenvalue weighted by Crippen LogP contribution is -2.13. The van der Waals surface area contributed by atoms with Crippen molar-refractivity contribution in [1.29, 1.82) is 0 Å². The molecule has 5 nitrogen and oxygen atoms in total. The van der Waals surface area contributed by atoms with Gasteiger partial charge in [0, 0.05) is 4.88 Å². The average Bonchev–Trinajstić information content (AvgIpc) is 3.06. The van der Waals surface area contributed by atoms with Crippen molar-refractivity contribution in [2.24, 2.45) is 5.84 Å². The van der Waals surface area contributed by atoms with Crippen molar-refractivity contribution in [3.8, 4) is 0 Å². The zero-order chi connectivity index (χ0) is 14.1. The SMILES string of the molecule is Cc1cc2c(NC(C)c3ccsc3)nc(NN)nc2s1. The molecule has 104 valence electrons. The Morgan fingerprint density at radius 2 is 2.20 bits per heavy atom. The summed E-state index contributed by atoms with van der Waals surface area (Å²) in [5.74, 6) is 6.69. The molecule has 0 fully saturated rings. The van der Waals surface area contributed by atoms with Crippen LogP contribution >= 0.6 is 22.7 Å². The number of nitrogens with zero attached hydrogens (tertiary/aromatic N) is 2. The van der Waals surface area contributed by atoms with Crippen molar-refractivity contribution >= 4 is 44.7 Å². The zero-order valence-electron chi connectivity index (χ0n) is 11.2. The van der Waals surface area contributed by atoms with E-state index in [1.807, 2.05) is 0 Å². The molecule has 3 heterocycles. The number of hydrogen-bond acceptors (Lipinski definition) is 7. The second-order valence-corrected chi connectivity index (χ2v) is 6.55. The van der Waals surface area contributed by atoms with Gasteiger partial charge in [-0.2, -0.15) is 16.3 Å². The molecule has 1 atom stereocenters. The fraction of sp³-hybridized carbons (Fsp3) is 0.231. The molecule has 0 saturated carbocycles. The number of thiophene rings is 2. The highest BCUT2D eigenvalue weighted by molar-refractivity contribution is 7.18. The highest BCUT2D eigenvalue weighted by atomic mass is 32.1. The number of nitrogens with one attached hydrogen (secondary N) is 2. The normalized spacial score (nSPS) is 12.6. The van der Waals surface area contributed by atoms with Gasteiger partial charge < -0.3 is 5.32 Å². The lowest BCUT2D eigenvalue weighted by molar-refractivity contribution is 0.881. The van der Waals surface area contributed by atoms with Crippen molar-refractivity contribution in [3.63, 3.8) is 0 Å². The molecule has 7 heteroatoms. The molecule has 4 N–H and O–H groups in total. The van der Waals surface area contributed by atoms with Crippen LogP contribution in [0.3, 0.4) is 0 Å². The summed E-state index contributed by atoms with van der Waals surface area (Å²) in [6.45, 7) is 4.18. The van der Waals surface area contributed by atoms with Gasteiger partial charge in [0.1, 0.15) is 10.6 Å². The summed E-state index contributed by atoms with van der Waals surface area (Å²) in [6.07, 6.45) is 0. The summed E-state index contributed by atoms with van der Waals surface area (Å²) in [7, 11) is 0. The van der Waals surface area contributed by atoms with Crippen LogP contribution in [0.4, 0.5) is 11.8 Å². The van der Waals surface area contributed by atoms with Crippen LogP contribution in [0, 0.1) is 6.92 Å².